The highest BCUT2D eigenvalue weighted by molar-refractivity contribution is 7.22. The van der Waals surface area contributed by atoms with Crippen LogP contribution in [0.3, 0.4) is 0 Å². The minimum absolute atomic E-state index is 0.0910. The first-order valence-electron chi connectivity index (χ1n) is 11.5. The fourth-order valence-corrected chi connectivity index (χ4v) is 5.77. The second-order valence-corrected chi connectivity index (χ2v) is 9.76. The number of amides is 1. The van der Waals surface area contributed by atoms with Crippen molar-refractivity contribution in [2.75, 3.05) is 50.7 Å². The fourth-order valence-electron chi connectivity index (χ4n) is 4.74. The van der Waals surface area contributed by atoms with E-state index < -0.39 is 0 Å². The van der Waals surface area contributed by atoms with Gasteiger partial charge in [0.05, 0.1) is 4.70 Å². The van der Waals surface area contributed by atoms with Crippen molar-refractivity contribution >= 4 is 32.6 Å². The third-order valence-electron chi connectivity index (χ3n) is 6.72. The molecule has 168 valence electrons. The summed E-state index contributed by atoms with van der Waals surface area (Å²) in [6.45, 7) is 6.20. The SMILES string of the molecule is O=C(C1CCN(c2nc3c(F)cccc3s2)CC1)N1CCN(CCc2ccccc2)CC1. The van der Waals surface area contributed by atoms with Crippen molar-refractivity contribution in [1.29, 1.82) is 0 Å². The number of carbonyl (C=O) groups excluding carboxylic acids is 1. The number of nitrogens with zero attached hydrogens (tertiary/aromatic N) is 4. The predicted octanol–water partition coefficient (Wildman–Crippen LogP) is 4.04. The van der Waals surface area contributed by atoms with Gasteiger partial charge in [0.2, 0.25) is 5.91 Å². The van der Waals surface area contributed by atoms with Gasteiger partial charge in [-0.05, 0) is 37.0 Å². The monoisotopic (exact) mass is 452 g/mol. The van der Waals surface area contributed by atoms with Crippen LogP contribution < -0.4 is 4.90 Å². The van der Waals surface area contributed by atoms with E-state index in [9.17, 15) is 9.18 Å². The van der Waals surface area contributed by atoms with E-state index >= 15 is 0 Å². The maximum absolute atomic E-state index is 14.0. The van der Waals surface area contributed by atoms with E-state index in [-0.39, 0.29) is 11.7 Å². The first-order valence-corrected chi connectivity index (χ1v) is 12.3. The normalized spacial score (nSPS) is 18.4. The molecule has 0 radical (unpaired) electrons. The lowest BCUT2D eigenvalue weighted by molar-refractivity contribution is -0.138. The van der Waals surface area contributed by atoms with E-state index in [0.29, 0.717) is 11.4 Å². The topological polar surface area (TPSA) is 39.7 Å². The smallest absolute Gasteiger partial charge is 0.225 e. The van der Waals surface area contributed by atoms with E-state index in [1.807, 2.05) is 6.07 Å². The number of para-hydroxylation sites is 1. The molecule has 5 nitrogen and oxygen atoms in total. The second kappa shape index (κ2) is 9.55. The molecule has 7 heteroatoms. The molecular weight excluding hydrogens is 423 g/mol. The quantitative estimate of drug-likeness (QED) is 0.586. The summed E-state index contributed by atoms with van der Waals surface area (Å²) in [7, 11) is 0. The highest BCUT2D eigenvalue weighted by Gasteiger charge is 2.31. The Hall–Kier alpha value is -2.51. The third-order valence-corrected chi connectivity index (χ3v) is 7.80. The van der Waals surface area contributed by atoms with E-state index in [1.165, 1.54) is 23.0 Å². The first-order chi connectivity index (χ1) is 15.7. The second-order valence-electron chi connectivity index (χ2n) is 8.75. The van der Waals surface area contributed by atoms with Crippen LogP contribution in [0.25, 0.3) is 10.2 Å². The van der Waals surface area contributed by atoms with Gasteiger partial charge in [-0.2, -0.15) is 0 Å². The Morgan fingerprint density at radius 1 is 0.969 bits per heavy atom. The van der Waals surface area contributed by atoms with Crippen molar-refractivity contribution in [1.82, 2.24) is 14.8 Å². The molecule has 3 aromatic rings. The molecule has 3 heterocycles. The Morgan fingerprint density at radius 2 is 1.72 bits per heavy atom. The van der Waals surface area contributed by atoms with Gasteiger partial charge >= 0.3 is 0 Å². The fraction of sp³-hybridized carbons (Fsp3) is 0.440. The van der Waals surface area contributed by atoms with Crippen molar-refractivity contribution in [3.8, 4) is 0 Å². The summed E-state index contributed by atoms with van der Waals surface area (Å²) >= 11 is 1.53. The zero-order valence-corrected chi connectivity index (χ0v) is 19.1. The lowest BCUT2D eigenvalue weighted by Crippen LogP contribution is -2.51. The van der Waals surface area contributed by atoms with Gasteiger partial charge in [0.15, 0.2) is 5.13 Å². The highest BCUT2D eigenvalue weighted by Crippen LogP contribution is 2.33. The zero-order chi connectivity index (χ0) is 21.9. The molecule has 2 aromatic carbocycles. The van der Waals surface area contributed by atoms with Crippen LogP contribution in [0.1, 0.15) is 18.4 Å². The largest absolute Gasteiger partial charge is 0.348 e. The van der Waals surface area contributed by atoms with Crippen molar-refractivity contribution in [2.45, 2.75) is 19.3 Å². The van der Waals surface area contributed by atoms with Gasteiger partial charge in [-0.15, -0.1) is 0 Å². The van der Waals surface area contributed by atoms with Crippen LogP contribution in [0.2, 0.25) is 0 Å². The minimum atomic E-state index is -0.266. The summed E-state index contributed by atoms with van der Waals surface area (Å²) < 4.78 is 14.9. The van der Waals surface area contributed by atoms with E-state index in [2.05, 4.69) is 50.0 Å². The number of benzene rings is 2. The molecule has 0 bridgehead atoms. The summed E-state index contributed by atoms with van der Waals surface area (Å²) in [6, 6.07) is 15.7. The summed E-state index contributed by atoms with van der Waals surface area (Å²) in [5.41, 5.74) is 1.82. The van der Waals surface area contributed by atoms with Gasteiger partial charge in [0.25, 0.3) is 0 Å². The average Bonchev–Trinajstić information content (AvgIpc) is 3.29. The van der Waals surface area contributed by atoms with Crippen molar-refractivity contribution in [3.05, 3.63) is 59.9 Å². The lowest BCUT2D eigenvalue weighted by Gasteiger charge is -2.38. The molecule has 1 amide bonds. The molecular formula is C25H29FN4OS. The minimum Gasteiger partial charge on any atom is -0.348 e. The Balaban J connectivity index is 1.09. The molecule has 0 unspecified atom stereocenters. The molecule has 2 saturated heterocycles. The van der Waals surface area contributed by atoms with E-state index in [4.69, 9.17) is 0 Å². The highest BCUT2D eigenvalue weighted by atomic mass is 32.1. The standard InChI is InChI=1S/C25H29FN4OS/c26-21-7-4-8-22-23(21)27-25(32-22)30-13-10-20(11-14-30)24(31)29-17-15-28(16-18-29)12-9-19-5-2-1-3-6-19/h1-8,20H,9-18H2. The van der Waals surface area contributed by atoms with Crippen LogP contribution in [-0.2, 0) is 11.2 Å². The Kier molecular flexibility index (Phi) is 6.37. The molecule has 32 heavy (non-hydrogen) atoms. The molecule has 0 spiro atoms. The van der Waals surface area contributed by atoms with E-state index in [0.717, 1.165) is 74.9 Å². The van der Waals surface area contributed by atoms with Crippen molar-refractivity contribution < 1.29 is 9.18 Å². The van der Waals surface area contributed by atoms with Gasteiger partial charge in [0.1, 0.15) is 11.3 Å². The third kappa shape index (κ3) is 4.64. The molecule has 2 fully saturated rings. The summed E-state index contributed by atoms with van der Waals surface area (Å²) in [4.78, 5) is 24.3. The predicted molar refractivity (Wildman–Crippen MR) is 128 cm³/mol. The summed E-state index contributed by atoms with van der Waals surface area (Å²) in [5, 5.41) is 0.864. The van der Waals surface area contributed by atoms with Crippen molar-refractivity contribution in [2.24, 2.45) is 5.92 Å². The average molecular weight is 453 g/mol. The molecule has 2 aliphatic rings. The van der Waals surface area contributed by atoms with Gasteiger partial charge in [-0.1, -0.05) is 47.7 Å². The number of hydrogen-bond acceptors (Lipinski definition) is 5. The van der Waals surface area contributed by atoms with Gasteiger partial charge < -0.3 is 9.80 Å². The Bertz CT molecular complexity index is 1060. The number of aromatic nitrogens is 1. The number of anilines is 1. The first kappa shape index (κ1) is 21.3. The number of hydrogen-bond donors (Lipinski definition) is 0. The van der Waals surface area contributed by atoms with Crippen LogP contribution in [-0.4, -0.2) is 66.5 Å². The molecule has 0 N–H and O–H groups in total. The number of carbonyl (C=O) groups is 1. The van der Waals surface area contributed by atoms with E-state index in [1.54, 1.807) is 6.07 Å². The number of piperazine rings is 1. The van der Waals surface area contributed by atoms with Gasteiger partial charge in [-0.25, -0.2) is 9.37 Å². The number of fused-ring (bicyclic) bond motifs is 1. The molecule has 0 saturated carbocycles. The van der Waals surface area contributed by atoms with Crippen molar-refractivity contribution in [3.63, 3.8) is 0 Å². The molecule has 2 aliphatic heterocycles. The number of rotatable bonds is 5. The van der Waals surface area contributed by atoms with Crippen LogP contribution in [0.5, 0.6) is 0 Å². The van der Waals surface area contributed by atoms with Crippen LogP contribution >= 0.6 is 11.3 Å². The number of thiazole rings is 1. The Morgan fingerprint density at radius 3 is 2.44 bits per heavy atom. The Labute approximate surface area is 192 Å². The number of piperidine rings is 1. The van der Waals surface area contributed by atoms with Crippen LogP contribution in [0.15, 0.2) is 48.5 Å². The zero-order valence-electron chi connectivity index (χ0n) is 18.3. The van der Waals surface area contributed by atoms with Gasteiger partial charge in [0, 0.05) is 51.7 Å². The molecule has 5 rings (SSSR count). The summed E-state index contributed by atoms with van der Waals surface area (Å²) in [5.74, 6) is 0.133. The number of halogens is 1. The molecule has 1 aromatic heterocycles. The summed E-state index contributed by atoms with van der Waals surface area (Å²) in [6.07, 6.45) is 2.74. The van der Waals surface area contributed by atoms with Gasteiger partial charge in [-0.3, -0.25) is 9.69 Å². The molecule has 0 atom stereocenters. The lowest BCUT2D eigenvalue weighted by atomic mass is 9.95. The van der Waals surface area contributed by atoms with Crippen LogP contribution in [0, 0.1) is 11.7 Å². The maximum atomic E-state index is 14.0. The molecule has 0 aliphatic carbocycles. The maximum Gasteiger partial charge on any atom is 0.225 e. The van der Waals surface area contributed by atoms with Crippen LogP contribution in [0.4, 0.5) is 9.52 Å².